The molecule has 2 saturated heterocycles. The van der Waals surface area contributed by atoms with Gasteiger partial charge in [0.1, 0.15) is 5.69 Å². The van der Waals surface area contributed by atoms with Crippen LogP contribution in [0.3, 0.4) is 0 Å². The van der Waals surface area contributed by atoms with Gasteiger partial charge in [-0.1, -0.05) is 6.42 Å². The molecule has 2 aliphatic rings. The van der Waals surface area contributed by atoms with Crippen LogP contribution in [0.4, 0.5) is 0 Å². The molecule has 2 N–H and O–H groups in total. The summed E-state index contributed by atoms with van der Waals surface area (Å²) < 4.78 is 7.86. The van der Waals surface area contributed by atoms with Crippen LogP contribution in [0.25, 0.3) is 0 Å². The second-order valence-corrected chi connectivity index (χ2v) is 7.32. The van der Waals surface area contributed by atoms with E-state index in [0.717, 1.165) is 25.2 Å². The minimum atomic E-state index is -0.380. The number of imidazole rings is 1. The Morgan fingerprint density at radius 2 is 2.11 bits per heavy atom. The van der Waals surface area contributed by atoms with E-state index in [1.54, 1.807) is 15.8 Å². The summed E-state index contributed by atoms with van der Waals surface area (Å²) in [6.07, 6.45) is 8.72. The number of likely N-dealkylation sites (tertiary alicyclic amines) is 1. The Morgan fingerprint density at radius 3 is 2.78 bits per heavy atom. The third-order valence-corrected chi connectivity index (χ3v) is 5.39. The summed E-state index contributed by atoms with van der Waals surface area (Å²) in [5, 5.41) is 4.29. The molecule has 9 heteroatoms. The van der Waals surface area contributed by atoms with Crippen molar-refractivity contribution in [2.45, 2.75) is 31.4 Å². The van der Waals surface area contributed by atoms with E-state index in [2.05, 4.69) is 20.0 Å². The molecule has 0 saturated carbocycles. The molecule has 0 aromatic carbocycles. The number of H-pyrrole nitrogens is 2. The number of carbonyl (C=O) groups excluding carboxylic acids is 1. The van der Waals surface area contributed by atoms with Crippen molar-refractivity contribution in [3.63, 3.8) is 0 Å². The number of aromatic nitrogens is 4. The van der Waals surface area contributed by atoms with Gasteiger partial charge in [0.25, 0.3) is 5.91 Å². The Hall–Kier alpha value is -2.39. The second kappa shape index (κ2) is 7.69. The number of hydrogen-bond donors (Lipinski definition) is 2. The normalized spacial score (nSPS) is 24.3. The first-order valence-electron chi connectivity index (χ1n) is 9.53. The molecule has 0 aliphatic carbocycles. The molecule has 2 aromatic rings. The molecule has 0 radical (unpaired) electrons. The van der Waals surface area contributed by atoms with E-state index in [1.807, 2.05) is 13.2 Å². The number of ether oxygens (including phenoxy) is 1. The lowest BCUT2D eigenvalue weighted by Gasteiger charge is -2.43. The quantitative estimate of drug-likeness (QED) is 0.812. The van der Waals surface area contributed by atoms with Gasteiger partial charge in [0, 0.05) is 38.1 Å². The van der Waals surface area contributed by atoms with Crippen molar-refractivity contribution < 1.29 is 9.53 Å². The number of amides is 1. The molecule has 0 bridgehead atoms. The zero-order valence-corrected chi connectivity index (χ0v) is 15.6. The number of nitrogens with zero attached hydrogens (tertiary/aromatic N) is 4. The second-order valence-electron chi connectivity index (χ2n) is 7.32. The summed E-state index contributed by atoms with van der Waals surface area (Å²) in [4.78, 5) is 33.8. The van der Waals surface area contributed by atoms with Gasteiger partial charge < -0.3 is 24.5 Å². The highest BCUT2D eigenvalue weighted by molar-refractivity contribution is 5.92. The first kappa shape index (κ1) is 18.0. The van der Waals surface area contributed by atoms with Gasteiger partial charge in [-0.25, -0.2) is 4.79 Å². The molecular formula is C18H26N6O3. The maximum atomic E-state index is 13.1. The lowest BCUT2D eigenvalue weighted by atomic mass is 9.99. The fourth-order valence-electron chi connectivity index (χ4n) is 4.10. The van der Waals surface area contributed by atoms with Crippen molar-refractivity contribution in [3.05, 3.63) is 40.3 Å². The molecule has 4 rings (SSSR count). The van der Waals surface area contributed by atoms with Crippen LogP contribution in [-0.2, 0) is 11.8 Å². The molecule has 27 heavy (non-hydrogen) atoms. The van der Waals surface area contributed by atoms with Crippen molar-refractivity contribution >= 4 is 5.91 Å². The molecule has 1 amide bonds. The molecule has 4 heterocycles. The summed E-state index contributed by atoms with van der Waals surface area (Å²) in [6.45, 7) is 3.88. The van der Waals surface area contributed by atoms with E-state index < -0.39 is 0 Å². The molecule has 146 valence electrons. The first-order chi connectivity index (χ1) is 13.1. The smallest absolute Gasteiger partial charge is 0.323 e. The summed E-state index contributed by atoms with van der Waals surface area (Å²) in [6, 6.07) is -0.236. The number of nitrogens with one attached hydrogen (secondary N) is 2. The van der Waals surface area contributed by atoms with Gasteiger partial charge in [0.05, 0.1) is 24.9 Å². The monoisotopic (exact) mass is 374 g/mol. The molecular weight excluding hydrogens is 348 g/mol. The van der Waals surface area contributed by atoms with Crippen LogP contribution in [0.5, 0.6) is 0 Å². The third-order valence-electron chi connectivity index (χ3n) is 5.39. The van der Waals surface area contributed by atoms with E-state index in [4.69, 9.17) is 4.74 Å². The van der Waals surface area contributed by atoms with Crippen LogP contribution in [-0.4, -0.2) is 74.3 Å². The lowest BCUT2D eigenvalue weighted by molar-refractivity contribution is -0.0743. The van der Waals surface area contributed by atoms with Gasteiger partial charge >= 0.3 is 5.69 Å². The van der Waals surface area contributed by atoms with Crippen molar-refractivity contribution in [2.75, 3.05) is 32.8 Å². The van der Waals surface area contributed by atoms with Gasteiger partial charge in [-0.15, -0.1) is 0 Å². The maximum absolute atomic E-state index is 13.1. The highest BCUT2D eigenvalue weighted by atomic mass is 16.5. The van der Waals surface area contributed by atoms with Crippen LogP contribution < -0.4 is 5.69 Å². The number of aryl methyl sites for hydroxylation is 1. The van der Waals surface area contributed by atoms with Crippen LogP contribution in [0.2, 0.25) is 0 Å². The molecule has 9 nitrogen and oxygen atoms in total. The topological polar surface area (TPSA) is 99.2 Å². The number of morpholine rings is 1. The van der Waals surface area contributed by atoms with E-state index in [9.17, 15) is 9.59 Å². The highest BCUT2D eigenvalue weighted by Gasteiger charge is 2.38. The van der Waals surface area contributed by atoms with Gasteiger partial charge in [-0.05, 0) is 25.9 Å². The van der Waals surface area contributed by atoms with Crippen molar-refractivity contribution in [3.8, 4) is 0 Å². The third kappa shape index (κ3) is 3.84. The van der Waals surface area contributed by atoms with Crippen LogP contribution in [0, 0.1) is 0 Å². The Kier molecular flexibility index (Phi) is 5.13. The summed E-state index contributed by atoms with van der Waals surface area (Å²) >= 11 is 0. The zero-order valence-electron chi connectivity index (χ0n) is 15.6. The molecule has 2 aromatic heterocycles. The van der Waals surface area contributed by atoms with E-state index >= 15 is 0 Å². The van der Waals surface area contributed by atoms with Crippen molar-refractivity contribution in [1.29, 1.82) is 0 Å². The van der Waals surface area contributed by atoms with Crippen molar-refractivity contribution in [2.24, 2.45) is 7.05 Å². The van der Waals surface area contributed by atoms with Crippen LogP contribution in [0.1, 0.15) is 41.4 Å². The standard InChI is InChI=1S/C18H26N6O3/c1-22-11-13(9-20-22)16-15(12-23-5-3-2-4-6-23)27-8-7-24(16)17(25)14-10-19-18(26)21-14/h9-11,15-16H,2-8,12H2,1H3,(H2,19,21,26)/t15-,16-/m0/s1. The summed E-state index contributed by atoms with van der Waals surface area (Å²) in [5.74, 6) is -0.200. The lowest BCUT2D eigenvalue weighted by Crippen LogP contribution is -2.52. The van der Waals surface area contributed by atoms with Gasteiger partial charge in [-0.2, -0.15) is 5.10 Å². The van der Waals surface area contributed by atoms with Gasteiger partial charge in [0.15, 0.2) is 0 Å². The van der Waals surface area contributed by atoms with E-state index in [0.29, 0.717) is 13.2 Å². The first-order valence-corrected chi connectivity index (χ1v) is 9.53. The Balaban J connectivity index is 1.62. The number of hydrogen-bond acceptors (Lipinski definition) is 5. The van der Waals surface area contributed by atoms with Crippen molar-refractivity contribution in [1.82, 2.24) is 29.5 Å². The average Bonchev–Trinajstić information content (AvgIpc) is 3.30. The minimum absolute atomic E-state index is 0.129. The fraction of sp³-hybridized carbons (Fsp3) is 0.611. The maximum Gasteiger partial charge on any atom is 0.323 e. The molecule has 2 aliphatic heterocycles. The summed E-state index contributed by atoms with van der Waals surface area (Å²) in [5.41, 5.74) is 0.840. The number of rotatable bonds is 4. The van der Waals surface area contributed by atoms with Crippen LogP contribution >= 0.6 is 0 Å². The number of aromatic amines is 2. The van der Waals surface area contributed by atoms with Gasteiger partial charge in [-0.3, -0.25) is 9.48 Å². The van der Waals surface area contributed by atoms with Gasteiger partial charge in [0.2, 0.25) is 0 Å². The number of carbonyl (C=O) groups is 1. The average molecular weight is 374 g/mol. The molecule has 2 fully saturated rings. The Morgan fingerprint density at radius 1 is 1.30 bits per heavy atom. The Bertz CT molecular complexity index is 834. The SMILES string of the molecule is Cn1cc([C@H]2[C@H](CN3CCCCC3)OCCN2C(=O)c2c[nH]c(=O)[nH]2)cn1. The van der Waals surface area contributed by atoms with E-state index in [-0.39, 0.29) is 29.4 Å². The fourth-order valence-corrected chi connectivity index (χ4v) is 4.10. The predicted octanol–water partition coefficient (Wildman–Crippen LogP) is 0.505. The zero-order chi connectivity index (χ0) is 18.8. The van der Waals surface area contributed by atoms with E-state index in [1.165, 1.54) is 25.5 Å². The molecule has 2 atom stereocenters. The summed E-state index contributed by atoms with van der Waals surface area (Å²) in [7, 11) is 1.86. The Labute approximate surface area is 157 Å². The highest BCUT2D eigenvalue weighted by Crippen LogP contribution is 2.31. The predicted molar refractivity (Wildman–Crippen MR) is 98.4 cm³/mol. The molecule has 0 unspecified atom stereocenters. The number of piperidine rings is 1. The minimum Gasteiger partial charge on any atom is -0.373 e. The largest absolute Gasteiger partial charge is 0.373 e. The van der Waals surface area contributed by atoms with Crippen LogP contribution in [0.15, 0.2) is 23.4 Å². The molecule has 0 spiro atoms.